The first-order chi connectivity index (χ1) is 6.74. The molecule has 0 aromatic carbocycles. The average Bonchev–Trinajstić information content (AvgIpc) is 2.17. The van der Waals surface area contributed by atoms with E-state index in [1.807, 2.05) is 13.8 Å². The Labute approximate surface area is 86.6 Å². The van der Waals surface area contributed by atoms with Gasteiger partial charge in [-0.1, -0.05) is 13.8 Å². The van der Waals surface area contributed by atoms with E-state index in [0.29, 0.717) is 12.8 Å². The summed E-state index contributed by atoms with van der Waals surface area (Å²) in [6.45, 7) is 5.67. The van der Waals surface area contributed by atoms with Gasteiger partial charge < -0.3 is 10.6 Å². The lowest BCUT2D eigenvalue weighted by atomic mass is 10.1. The summed E-state index contributed by atoms with van der Waals surface area (Å²) in [7, 11) is 0. The summed E-state index contributed by atoms with van der Waals surface area (Å²) in [5, 5.41) is 6.01. The molecule has 0 aromatic rings. The summed E-state index contributed by atoms with van der Waals surface area (Å²) in [4.78, 5) is 11.3. The Morgan fingerprint density at radius 2 is 2.21 bits per heavy atom. The molecular formula is C11H20N2O. The third kappa shape index (κ3) is 6.50. The molecule has 3 heteroatoms. The molecule has 0 heterocycles. The quantitative estimate of drug-likeness (QED) is 0.469. The fourth-order valence-electron chi connectivity index (χ4n) is 1.12. The molecule has 0 aliphatic rings. The third-order valence-electron chi connectivity index (χ3n) is 2.00. The van der Waals surface area contributed by atoms with Gasteiger partial charge in [-0.15, -0.1) is 12.3 Å². The number of hydrogen-bond donors (Lipinski definition) is 2. The molecule has 80 valence electrons. The van der Waals surface area contributed by atoms with Gasteiger partial charge in [0.2, 0.25) is 5.91 Å². The number of carbonyl (C=O) groups excluding carboxylic acids is 1. The van der Waals surface area contributed by atoms with Crippen molar-refractivity contribution in [2.75, 3.05) is 13.1 Å². The van der Waals surface area contributed by atoms with Crippen molar-refractivity contribution in [1.29, 1.82) is 0 Å². The van der Waals surface area contributed by atoms with Crippen LogP contribution in [-0.4, -0.2) is 25.0 Å². The molecule has 0 fully saturated rings. The number of rotatable bonds is 7. The molecule has 0 aliphatic carbocycles. The normalized spacial score (nSPS) is 11.8. The summed E-state index contributed by atoms with van der Waals surface area (Å²) < 4.78 is 0. The molecule has 0 aromatic heterocycles. The topological polar surface area (TPSA) is 41.1 Å². The van der Waals surface area contributed by atoms with Gasteiger partial charge in [0, 0.05) is 25.4 Å². The van der Waals surface area contributed by atoms with E-state index in [4.69, 9.17) is 6.42 Å². The van der Waals surface area contributed by atoms with Gasteiger partial charge in [-0.05, 0) is 13.0 Å². The molecule has 3 nitrogen and oxygen atoms in total. The summed E-state index contributed by atoms with van der Waals surface area (Å²) in [6.07, 6.45) is 7.21. The molecule has 0 saturated heterocycles. The second-order valence-corrected chi connectivity index (χ2v) is 3.18. The molecule has 0 radical (unpaired) electrons. The number of carbonyl (C=O) groups is 1. The highest BCUT2D eigenvalue weighted by atomic mass is 16.1. The lowest BCUT2D eigenvalue weighted by molar-refractivity contribution is -0.121. The molecule has 2 N–H and O–H groups in total. The first kappa shape index (κ1) is 13.0. The minimum atomic E-state index is 0.0769. The van der Waals surface area contributed by atoms with E-state index < -0.39 is 0 Å². The van der Waals surface area contributed by atoms with Gasteiger partial charge >= 0.3 is 0 Å². The number of hydrogen-bond acceptors (Lipinski definition) is 2. The summed E-state index contributed by atoms with van der Waals surface area (Å²) in [5.74, 6) is 2.64. The van der Waals surface area contributed by atoms with Gasteiger partial charge in [0.15, 0.2) is 0 Å². The van der Waals surface area contributed by atoms with E-state index in [0.717, 1.165) is 19.5 Å². The van der Waals surface area contributed by atoms with Crippen LogP contribution in [0.25, 0.3) is 0 Å². The van der Waals surface area contributed by atoms with Crippen molar-refractivity contribution < 1.29 is 4.79 Å². The zero-order chi connectivity index (χ0) is 10.8. The van der Waals surface area contributed by atoms with Crippen molar-refractivity contribution in [2.24, 2.45) is 0 Å². The largest absolute Gasteiger partial charge is 0.352 e. The Balaban J connectivity index is 3.63. The Hall–Kier alpha value is -1.01. The first-order valence-electron chi connectivity index (χ1n) is 5.18. The highest BCUT2D eigenvalue weighted by Crippen LogP contribution is 1.96. The molecular weight excluding hydrogens is 176 g/mol. The van der Waals surface area contributed by atoms with Crippen molar-refractivity contribution in [3.63, 3.8) is 0 Å². The number of nitrogens with one attached hydrogen (secondary N) is 2. The lowest BCUT2D eigenvalue weighted by Gasteiger charge is -2.13. The Bertz CT molecular complexity index is 196. The number of amides is 1. The second kappa shape index (κ2) is 8.58. The van der Waals surface area contributed by atoms with E-state index in [1.54, 1.807) is 0 Å². The maximum Gasteiger partial charge on any atom is 0.221 e. The maximum atomic E-state index is 11.3. The molecule has 0 spiro atoms. The molecule has 1 unspecified atom stereocenters. The van der Waals surface area contributed by atoms with Crippen LogP contribution >= 0.6 is 0 Å². The first-order valence-corrected chi connectivity index (χ1v) is 5.18. The van der Waals surface area contributed by atoms with Crippen LogP contribution in [0.15, 0.2) is 0 Å². The van der Waals surface area contributed by atoms with Gasteiger partial charge in [-0.2, -0.15) is 0 Å². The highest BCUT2D eigenvalue weighted by Gasteiger charge is 2.07. The van der Waals surface area contributed by atoms with Crippen LogP contribution in [0.2, 0.25) is 0 Å². The average molecular weight is 196 g/mol. The monoisotopic (exact) mass is 196 g/mol. The molecule has 0 bridgehead atoms. The van der Waals surface area contributed by atoms with E-state index in [2.05, 4.69) is 16.6 Å². The maximum absolute atomic E-state index is 11.3. The van der Waals surface area contributed by atoms with Gasteiger partial charge in [-0.3, -0.25) is 4.79 Å². The fraction of sp³-hybridized carbons (Fsp3) is 0.727. The molecule has 14 heavy (non-hydrogen) atoms. The van der Waals surface area contributed by atoms with E-state index in [9.17, 15) is 4.79 Å². The smallest absolute Gasteiger partial charge is 0.221 e. The predicted molar refractivity (Wildman–Crippen MR) is 58.8 cm³/mol. The summed E-state index contributed by atoms with van der Waals surface area (Å²) >= 11 is 0. The van der Waals surface area contributed by atoms with Gasteiger partial charge in [0.1, 0.15) is 0 Å². The molecule has 1 atom stereocenters. The van der Waals surface area contributed by atoms with Crippen LogP contribution in [0.3, 0.4) is 0 Å². The number of terminal acetylenes is 1. The minimum absolute atomic E-state index is 0.0769. The van der Waals surface area contributed by atoms with Crippen molar-refractivity contribution in [3.05, 3.63) is 0 Å². The fourth-order valence-corrected chi connectivity index (χ4v) is 1.12. The van der Waals surface area contributed by atoms with Crippen LogP contribution in [0, 0.1) is 12.3 Å². The van der Waals surface area contributed by atoms with Crippen LogP contribution < -0.4 is 10.6 Å². The van der Waals surface area contributed by atoms with Crippen molar-refractivity contribution in [1.82, 2.24) is 10.6 Å². The van der Waals surface area contributed by atoms with Crippen molar-refractivity contribution in [2.45, 2.75) is 39.2 Å². The Kier molecular flexibility index (Phi) is 7.96. The van der Waals surface area contributed by atoms with E-state index in [-0.39, 0.29) is 11.9 Å². The molecule has 0 saturated carbocycles. The molecule has 1 amide bonds. The minimum Gasteiger partial charge on any atom is -0.352 e. The van der Waals surface area contributed by atoms with Crippen LogP contribution in [0.5, 0.6) is 0 Å². The zero-order valence-electron chi connectivity index (χ0n) is 9.10. The molecule has 0 aliphatic heterocycles. The Morgan fingerprint density at radius 3 is 2.71 bits per heavy atom. The van der Waals surface area contributed by atoms with Gasteiger partial charge in [0.25, 0.3) is 0 Å². The van der Waals surface area contributed by atoms with Crippen molar-refractivity contribution >= 4 is 5.91 Å². The van der Waals surface area contributed by atoms with Crippen molar-refractivity contribution in [3.8, 4) is 12.3 Å². The zero-order valence-corrected chi connectivity index (χ0v) is 9.10. The predicted octanol–water partition coefficient (Wildman–Crippen LogP) is 0.904. The lowest BCUT2D eigenvalue weighted by Crippen LogP contribution is -2.35. The highest BCUT2D eigenvalue weighted by molar-refractivity contribution is 5.76. The van der Waals surface area contributed by atoms with Gasteiger partial charge in [-0.25, -0.2) is 0 Å². The van der Waals surface area contributed by atoms with Crippen LogP contribution in [-0.2, 0) is 4.79 Å². The molecule has 0 rings (SSSR count). The third-order valence-corrected chi connectivity index (χ3v) is 2.00. The SMILES string of the molecule is C#CCC(CC)NC(=O)CCNCC. The summed E-state index contributed by atoms with van der Waals surface area (Å²) in [5.41, 5.74) is 0. The van der Waals surface area contributed by atoms with Crippen LogP contribution in [0.4, 0.5) is 0 Å². The van der Waals surface area contributed by atoms with E-state index in [1.165, 1.54) is 0 Å². The second-order valence-electron chi connectivity index (χ2n) is 3.18. The van der Waals surface area contributed by atoms with E-state index >= 15 is 0 Å². The van der Waals surface area contributed by atoms with Crippen LogP contribution in [0.1, 0.15) is 33.1 Å². The summed E-state index contributed by atoms with van der Waals surface area (Å²) in [6, 6.07) is 0.133. The standard InChI is InChI=1S/C11H20N2O/c1-4-7-10(5-2)13-11(14)8-9-12-6-3/h1,10,12H,5-9H2,2-3H3,(H,13,14). The van der Waals surface area contributed by atoms with Gasteiger partial charge in [0.05, 0.1) is 0 Å². The Morgan fingerprint density at radius 1 is 1.50 bits per heavy atom.